The third kappa shape index (κ3) is 4.89. The van der Waals surface area contributed by atoms with Crippen molar-refractivity contribution in [1.82, 2.24) is 4.90 Å². The van der Waals surface area contributed by atoms with Crippen LogP contribution in [-0.4, -0.2) is 54.5 Å². The second-order valence-corrected chi connectivity index (χ2v) is 7.11. The molecular weight excluding hydrogens is 334 g/mol. The van der Waals surface area contributed by atoms with Gasteiger partial charge < -0.3 is 19.7 Å². The van der Waals surface area contributed by atoms with Crippen molar-refractivity contribution in [2.75, 3.05) is 26.8 Å². The molecule has 1 aromatic rings. The summed E-state index contributed by atoms with van der Waals surface area (Å²) in [4.78, 5) is 10.9. The van der Waals surface area contributed by atoms with E-state index in [9.17, 15) is 5.11 Å². The first-order valence-electron chi connectivity index (χ1n) is 9.36. The van der Waals surface area contributed by atoms with Crippen LogP contribution in [0, 0.1) is 5.41 Å². The highest BCUT2D eigenvalue weighted by Crippen LogP contribution is 2.45. The molecule has 1 aromatic carbocycles. The summed E-state index contributed by atoms with van der Waals surface area (Å²) in [7, 11) is 1.69. The molecule has 6 heteroatoms. The summed E-state index contributed by atoms with van der Waals surface area (Å²) in [5, 5.41) is 17.3. The number of rotatable bonds is 5. The predicted molar refractivity (Wildman–Crippen MR) is 99.7 cm³/mol. The van der Waals surface area contributed by atoms with Gasteiger partial charge in [-0.2, -0.15) is 0 Å². The number of benzene rings is 1. The van der Waals surface area contributed by atoms with Gasteiger partial charge in [-0.1, -0.05) is 12.5 Å². The van der Waals surface area contributed by atoms with Gasteiger partial charge in [0.25, 0.3) is 6.47 Å². The van der Waals surface area contributed by atoms with E-state index in [4.69, 9.17) is 19.4 Å². The molecule has 146 valence electrons. The lowest BCUT2D eigenvalue weighted by Gasteiger charge is -2.42. The molecule has 0 unspecified atom stereocenters. The minimum atomic E-state index is -0.250. The van der Waals surface area contributed by atoms with Crippen molar-refractivity contribution < 1.29 is 24.5 Å². The van der Waals surface area contributed by atoms with Crippen LogP contribution in [0.3, 0.4) is 0 Å². The molecule has 1 aliphatic heterocycles. The van der Waals surface area contributed by atoms with E-state index >= 15 is 0 Å². The zero-order valence-corrected chi connectivity index (χ0v) is 15.8. The molecule has 26 heavy (non-hydrogen) atoms. The molecule has 2 fully saturated rings. The minimum absolute atomic E-state index is 0.111. The molecule has 0 aromatic heterocycles. The summed E-state index contributed by atoms with van der Waals surface area (Å²) < 4.78 is 11.0. The van der Waals surface area contributed by atoms with Crippen LogP contribution in [0.2, 0.25) is 0 Å². The Hall–Kier alpha value is -1.79. The second kappa shape index (κ2) is 9.78. The number of aliphatic hydroxyl groups excluding tert-OH is 1. The third-order valence-electron chi connectivity index (χ3n) is 5.48. The Morgan fingerprint density at radius 3 is 2.65 bits per heavy atom. The SMILES string of the molecule is CCOc1ccc(CN2CCC[C@]3(CCC[C@H]3O)C2)cc1OC.O=CO. The lowest BCUT2D eigenvalue weighted by atomic mass is 9.76. The molecule has 6 nitrogen and oxygen atoms in total. The van der Waals surface area contributed by atoms with Gasteiger partial charge in [-0.15, -0.1) is 0 Å². The highest BCUT2D eigenvalue weighted by Gasteiger charge is 2.44. The van der Waals surface area contributed by atoms with Crippen molar-refractivity contribution in [2.45, 2.75) is 51.7 Å². The number of carbonyl (C=O) groups is 1. The van der Waals surface area contributed by atoms with Crippen molar-refractivity contribution >= 4 is 6.47 Å². The molecule has 1 saturated heterocycles. The van der Waals surface area contributed by atoms with Crippen LogP contribution in [0.1, 0.15) is 44.6 Å². The van der Waals surface area contributed by atoms with E-state index in [-0.39, 0.29) is 18.0 Å². The zero-order chi connectivity index (χ0) is 19.0. The van der Waals surface area contributed by atoms with Crippen LogP contribution in [-0.2, 0) is 11.3 Å². The van der Waals surface area contributed by atoms with Crippen molar-refractivity contribution in [2.24, 2.45) is 5.41 Å². The van der Waals surface area contributed by atoms with E-state index in [1.54, 1.807) is 7.11 Å². The predicted octanol–water partition coefficient (Wildman–Crippen LogP) is 2.92. The highest BCUT2D eigenvalue weighted by atomic mass is 16.5. The maximum absolute atomic E-state index is 10.4. The number of methoxy groups -OCH3 is 1. The molecule has 1 spiro atoms. The van der Waals surface area contributed by atoms with Gasteiger partial charge in [-0.25, -0.2) is 0 Å². The Morgan fingerprint density at radius 2 is 2.04 bits per heavy atom. The number of aliphatic hydroxyl groups is 1. The van der Waals surface area contributed by atoms with Crippen LogP contribution in [0.15, 0.2) is 18.2 Å². The Kier molecular flexibility index (Phi) is 7.72. The van der Waals surface area contributed by atoms with Crippen LogP contribution in [0.5, 0.6) is 11.5 Å². The van der Waals surface area contributed by atoms with Crippen molar-refractivity contribution in [1.29, 1.82) is 0 Å². The fourth-order valence-electron chi connectivity index (χ4n) is 4.33. The number of hydrogen-bond donors (Lipinski definition) is 2. The van der Waals surface area contributed by atoms with Crippen LogP contribution in [0.25, 0.3) is 0 Å². The Balaban J connectivity index is 0.000000758. The van der Waals surface area contributed by atoms with Crippen molar-refractivity contribution in [3.63, 3.8) is 0 Å². The number of piperidine rings is 1. The lowest BCUT2D eigenvalue weighted by Crippen LogP contribution is -2.46. The number of ether oxygens (including phenoxy) is 2. The molecule has 3 rings (SSSR count). The van der Waals surface area contributed by atoms with Gasteiger partial charge in [0.2, 0.25) is 0 Å². The lowest BCUT2D eigenvalue weighted by molar-refractivity contribution is -0.122. The average Bonchev–Trinajstić information content (AvgIpc) is 2.97. The summed E-state index contributed by atoms with van der Waals surface area (Å²) in [5.74, 6) is 1.61. The quantitative estimate of drug-likeness (QED) is 0.781. The highest BCUT2D eigenvalue weighted by molar-refractivity contribution is 5.43. The molecule has 1 aliphatic carbocycles. The molecule has 1 saturated carbocycles. The largest absolute Gasteiger partial charge is 0.493 e. The summed E-state index contributed by atoms with van der Waals surface area (Å²) in [6.07, 6.45) is 5.58. The maximum atomic E-state index is 10.4. The van der Waals surface area contributed by atoms with E-state index < -0.39 is 0 Å². The summed E-state index contributed by atoms with van der Waals surface area (Å²) >= 11 is 0. The molecule has 0 amide bonds. The number of nitrogens with zero attached hydrogens (tertiary/aromatic N) is 1. The van der Waals surface area contributed by atoms with Gasteiger partial charge in [0, 0.05) is 18.5 Å². The zero-order valence-electron chi connectivity index (χ0n) is 15.8. The van der Waals surface area contributed by atoms with E-state index in [2.05, 4.69) is 17.0 Å². The van der Waals surface area contributed by atoms with E-state index in [1.165, 1.54) is 31.2 Å². The molecule has 2 atom stereocenters. The fraction of sp³-hybridized carbons (Fsp3) is 0.650. The Morgan fingerprint density at radius 1 is 1.31 bits per heavy atom. The molecule has 1 heterocycles. The molecular formula is C20H31NO5. The number of carboxylic acid groups (broad SMARTS) is 1. The first-order valence-corrected chi connectivity index (χ1v) is 9.36. The third-order valence-corrected chi connectivity index (χ3v) is 5.48. The van der Waals surface area contributed by atoms with Gasteiger partial charge >= 0.3 is 0 Å². The van der Waals surface area contributed by atoms with E-state index in [1.807, 2.05) is 13.0 Å². The fourth-order valence-corrected chi connectivity index (χ4v) is 4.33. The molecule has 0 radical (unpaired) electrons. The van der Waals surface area contributed by atoms with Crippen LogP contribution < -0.4 is 9.47 Å². The monoisotopic (exact) mass is 365 g/mol. The normalized spacial score (nSPS) is 25.4. The van der Waals surface area contributed by atoms with Crippen LogP contribution >= 0.6 is 0 Å². The average molecular weight is 365 g/mol. The summed E-state index contributed by atoms with van der Waals surface area (Å²) in [5.41, 5.74) is 1.39. The van der Waals surface area contributed by atoms with Crippen molar-refractivity contribution in [3.8, 4) is 11.5 Å². The summed E-state index contributed by atoms with van der Waals surface area (Å²) in [6.45, 7) is 5.42. The Labute approximate surface area is 155 Å². The van der Waals surface area contributed by atoms with Crippen molar-refractivity contribution in [3.05, 3.63) is 23.8 Å². The first kappa shape index (κ1) is 20.5. The van der Waals surface area contributed by atoms with Crippen LogP contribution in [0.4, 0.5) is 0 Å². The molecule has 2 aliphatic rings. The Bertz CT molecular complexity index is 579. The maximum Gasteiger partial charge on any atom is 0.290 e. The minimum Gasteiger partial charge on any atom is -0.493 e. The van der Waals surface area contributed by atoms with Gasteiger partial charge in [0.1, 0.15) is 0 Å². The summed E-state index contributed by atoms with van der Waals surface area (Å²) in [6, 6.07) is 6.21. The smallest absolute Gasteiger partial charge is 0.290 e. The standard InChI is InChI=1S/C19H29NO3.CH2O2/c1-3-23-16-8-7-15(12-17(16)22-2)13-20-11-5-10-19(14-20)9-4-6-18(19)21;2-1-3/h7-8,12,18,21H,3-6,9-11,13-14H2,1-2H3;1H,(H,2,3)/t18-,19-;/m1./s1. The first-order chi connectivity index (χ1) is 12.6. The van der Waals surface area contributed by atoms with Gasteiger partial charge in [0.15, 0.2) is 11.5 Å². The number of hydrogen-bond acceptors (Lipinski definition) is 5. The van der Waals surface area contributed by atoms with E-state index in [0.29, 0.717) is 6.61 Å². The number of likely N-dealkylation sites (tertiary alicyclic amines) is 1. The van der Waals surface area contributed by atoms with Gasteiger partial charge in [-0.05, 0) is 56.8 Å². The molecule has 2 N–H and O–H groups in total. The topological polar surface area (TPSA) is 79.2 Å². The van der Waals surface area contributed by atoms with Gasteiger partial charge in [0.05, 0.1) is 19.8 Å². The van der Waals surface area contributed by atoms with E-state index in [0.717, 1.165) is 37.6 Å². The van der Waals surface area contributed by atoms with Gasteiger partial charge in [-0.3, -0.25) is 9.69 Å². The molecule has 0 bridgehead atoms. The second-order valence-electron chi connectivity index (χ2n) is 7.11.